The molecule has 4 rings (SSSR count). The molecular formula is C11H5N4OS. The Hall–Kier alpha value is -2.21. The lowest BCUT2D eigenvalue weighted by molar-refractivity contribution is 0.315. The smallest absolute Gasteiger partial charge is 0.194 e. The van der Waals surface area contributed by atoms with Gasteiger partial charge < -0.3 is 0 Å². The Bertz CT molecular complexity index is 813. The molecule has 0 aliphatic heterocycles. The van der Waals surface area contributed by atoms with Gasteiger partial charge in [0.2, 0.25) is 0 Å². The molecule has 0 aliphatic carbocycles. The zero-order valence-electron chi connectivity index (χ0n) is 8.49. The summed E-state index contributed by atoms with van der Waals surface area (Å²) in [6.07, 6.45) is 3.71. The van der Waals surface area contributed by atoms with Crippen molar-refractivity contribution in [3.63, 3.8) is 0 Å². The summed E-state index contributed by atoms with van der Waals surface area (Å²) in [5.74, 6) is 0. The maximum atomic E-state index is 4.66. The van der Waals surface area contributed by atoms with E-state index in [1.807, 2.05) is 28.1 Å². The zero-order chi connectivity index (χ0) is 11.2. The Morgan fingerprint density at radius 1 is 1.29 bits per heavy atom. The Morgan fingerprint density at radius 3 is 3.29 bits per heavy atom. The van der Waals surface area contributed by atoms with Crippen LogP contribution < -0.4 is 0 Å². The lowest BCUT2D eigenvalue weighted by atomic mass is 10.1. The molecule has 3 aromatic heterocycles. The molecule has 0 spiro atoms. The third kappa shape index (κ3) is 1.21. The number of rotatable bonds is 1. The maximum Gasteiger partial charge on any atom is 0.194 e. The van der Waals surface area contributed by atoms with Gasteiger partial charge in [0.25, 0.3) is 0 Å². The lowest BCUT2D eigenvalue weighted by Crippen LogP contribution is -1.84. The molecule has 0 N–H and O–H groups in total. The van der Waals surface area contributed by atoms with Crippen LogP contribution in [0, 0.1) is 6.07 Å². The normalized spacial score (nSPS) is 11.5. The standard InChI is InChI=1S/C11H5N4OS/c1-2-8-9(14-16-13-8)5-7(1)10-6-17-11-12-3-4-15(10)11/h1-4,6H. The maximum absolute atomic E-state index is 4.66. The van der Waals surface area contributed by atoms with E-state index < -0.39 is 0 Å². The number of hydrogen-bond acceptors (Lipinski definition) is 5. The molecule has 0 amide bonds. The molecule has 1 aromatic carbocycles. The van der Waals surface area contributed by atoms with E-state index in [0.29, 0.717) is 11.0 Å². The van der Waals surface area contributed by atoms with Crippen LogP contribution in [-0.4, -0.2) is 19.7 Å². The fourth-order valence-electron chi connectivity index (χ4n) is 1.79. The van der Waals surface area contributed by atoms with E-state index in [9.17, 15) is 0 Å². The number of imidazole rings is 1. The molecule has 0 unspecified atom stereocenters. The molecule has 5 nitrogen and oxygen atoms in total. The van der Waals surface area contributed by atoms with Gasteiger partial charge in [0.15, 0.2) is 4.96 Å². The van der Waals surface area contributed by atoms with Crippen molar-refractivity contribution in [2.24, 2.45) is 0 Å². The predicted molar refractivity (Wildman–Crippen MR) is 62.7 cm³/mol. The van der Waals surface area contributed by atoms with Crippen LogP contribution in [0.2, 0.25) is 0 Å². The Labute approximate surface area is 99.3 Å². The first-order valence-corrected chi connectivity index (χ1v) is 5.85. The average Bonchev–Trinajstić information content (AvgIpc) is 3.03. The molecule has 6 heteroatoms. The van der Waals surface area contributed by atoms with Gasteiger partial charge in [-0.3, -0.25) is 4.40 Å². The summed E-state index contributed by atoms with van der Waals surface area (Å²) in [5.41, 5.74) is 3.36. The number of aromatic nitrogens is 4. The summed E-state index contributed by atoms with van der Waals surface area (Å²) in [4.78, 5) is 5.20. The van der Waals surface area contributed by atoms with Gasteiger partial charge in [0.1, 0.15) is 11.0 Å². The number of fused-ring (bicyclic) bond motifs is 2. The highest BCUT2D eigenvalue weighted by atomic mass is 32.1. The van der Waals surface area contributed by atoms with Crippen LogP contribution in [-0.2, 0) is 0 Å². The van der Waals surface area contributed by atoms with Gasteiger partial charge in [-0.25, -0.2) is 9.61 Å². The second kappa shape index (κ2) is 3.14. The van der Waals surface area contributed by atoms with E-state index in [4.69, 9.17) is 0 Å². The number of nitrogens with zero attached hydrogens (tertiary/aromatic N) is 4. The van der Waals surface area contributed by atoms with Crippen molar-refractivity contribution in [2.45, 2.75) is 0 Å². The van der Waals surface area contributed by atoms with E-state index in [1.54, 1.807) is 17.5 Å². The van der Waals surface area contributed by atoms with Crippen LogP contribution in [0.3, 0.4) is 0 Å². The molecule has 0 aliphatic rings. The fraction of sp³-hybridized carbons (Fsp3) is 0. The van der Waals surface area contributed by atoms with E-state index in [0.717, 1.165) is 16.2 Å². The van der Waals surface area contributed by atoms with Crippen molar-refractivity contribution >= 4 is 27.3 Å². The lowest BCUT2D eigenvalue weighted by Gasteiger charge is -1.97. The molecule has 0 saturated heterocycles. The second-order valence-electron chi connectivity index (χ2n) is 3.57. The van der Waals surface area contributed by atoms with E-state index in [2.05, 4.69) is 26.0 Å². The van der Waals surface area contributed by atoms with Crippen molar-refractivity contribution in [3.8, 4) is 11.3 Å². The molecule has 81 valence electrons. The first-order valence-electron chi connectivity index (χ1n) is 4.97. The van der Waals surface area contributed by atoms with Crippen LogP contribution in [0.15, 0.2) is 34.5 Å². The molecule has 4 aromatic rings. The van der Waals surface area contributed by atoms with Gasteiger partial charge in [0, 0.05) is 29.4 Å². The van der Waals surface area contributed by atoms with Crippen molar-refractivity contribution in [1.82, 2.24) is 19.7 Å². The Morgan fingerprint density at radius 2 is 2.29 bits per heavy atom. The van der Waals surface area contributed by atoms with E-state index >= 15 is 0 Å². The summed E-state index contributed by atoms with van der Waals surface area (Å²) < 4.78 is 6.69. The van der Waals surface area contributed by atoms with Gasteiger partial charge in [0.05, 0.1) is 5.69 Å². The Balaban J connectivity index is 2.01. The molecule has 0 fully saturated rings. The number of benzene rings is 1. The van der Waals surface area contributed by atoms with Crippen molar-refractivity contribution < 1.29 is 4.63 Å². The fourth-order valence-corrected chi connectivity index (χ4v) is 2.64. The number of hydrogen-bond donors (Lipinski definition) is 0. The van der Waals surface area contributed by atoms with Gasteiger partial charge in [-0.05, 0) is 22.4 Å². The van der Waals surface area contributed by atoms with Crippen LogP contribution in [0.4, 0.5) is 0 Å². The monoisotopic (exact) mass is 241 g/mol. The minimum Gasteiger partial charge on any atom is -0.290 e. The molecule has 17 heavy (non-hydrogen) atoms. The molecule has 0 atom stereocenters. The van der Waals surface area contributed by atoms with Gasteiger partial charge in [-0.2, -0.15) is 0 Å². The summed E-state index contributed by atoms with van der Waals surface area (Å²) in [6, 6.07) is 7.01. The third-order valence-corrected chi connectivity index (χ3v) is 3.45. The van der Waals surface area contributed by atoms with Crippen molar-refractivity contribution in [3.05, 3.63) is 36.0 Å². The van der Waals surface area contributed by atoms with E-state index in [1.165, 1.54) is 0 Å². The summed E-state index contributed by atoms with van der Waals surface area (Å²) >= 11 is 1.60. The van der Waals surface area contributed by atoms with E-state index in [-0.39, 0.29) is 0 Å². The molecule has 0 bridgehead atoms. The highest BCUT2D eigenvalue weighted by Gasteiger charge is 2.09. The van der Waals surface area contributed by atoms with Gasteiger partial charge in [-0.1, -0.05) is 0 Å². The zero-order valence-corrected chi connectivity index (χ0v) is 9.31. The quantitative estimate of drug-likeness (QED) is 0.513. The van der Waals surface area contributed by atoms with Crippen LogP contribution in [0.25, 0.3) is 27.3 Å². The highest BCUT2D eigenvalue weighted by Crippen LogP contribution is 2.26. The van der Waals surface area contributed by atoms with Crippen molar-refractivity contribution in [1.29, 1.82) is 0 Å². The molecular weight excluding hydrogens is 236 g/mol. The highest BCUT2D eigenvalue weighted by molar-refractivity contribution is 7.15. The SMILES string of the molecule is [c]1c(-c2csc3nccn23)ccc2nonc12. The molecule has 0 saturated carbocycles. The third-order valence-electron chi connectivity index (χ3n) is 2.59. The van der Waals surface area contributed by atoms with Crippen LogP contribution in [0.5, 0.6) is 0 Å². The first-order chi connectivity index (χ1) is 8.42. The van der Waals surface area contributed by atoms with Gasteiger partial charge >= 0.3 is 0 Å². The van der Waals surface area contributed by atoms with Gasteiger partial charge in [-0.15, -0.1) is 11.3 Å². The first kappa shape index (κ1) is 8.89. The van der Waals surface area contributed by atoms with Crippen LogP contribution in [0.1, 0.15) is 0 Å². The summed E-state index contributed by atoms with van der Waals surface area (Å²) in [7, 11) is 0. The minimum atomic E-state index is 0.641. The largest absolute Gasteiger partial charge is 0.290 e. The second-order valence-corrected chi connectivity index (χ2v) is 4.41. The molecule has 1 radical (unpaired) electrons. The van der Waals surface area contributed by atoms with Crippen LogP contribution >= 0.6 is 11.3 Å². The Kier molecular flexibility index (Phi) is 1.64. The summed E-state index contributed by atoms with van der Waals surface area (Å²) in [5, 5.41) is 9.60. The number of thiazole rings is 1. The predicted octanol–water partition coefficient (Wildman–Crippen LogP) is 2.40. The topological polar surface area (TPSA) is 56.2 Å². The van der Waals surface area contributed by atoms with Crippen molar-refractivity contribution in [2.75, 3.05) is 0 Å². The minimum absolute atomic E-state index is 0.641. The average molecular weight is 241 g/mol. The molecule has 3 heterocycles. The summed E-state index contributed by atoms with van der Waals surface area (Å²) in [6.45, 7) is 0.